The Kier molecular flexibility index (Phi) is 6.57. The van der Waals surface area contributed by atoms with Crippen LogP contribution in [0.3, 0.4) is 0 Å². The molecule has 0 N–H and O–H groups in total. The van der Waals surface area contributed by atoms with Gasteiger partial charge < -0.3 is 14.7 Å². The number of carbonyl (C=O) groups is 2. The Morgan fingerprint density at radius 1 is 0.886 bits per heavy atom. The maximum atomic E-state index is 13.6. The van der Waals surface area contributed by atoms with Gasteiger partial charge in [-0.1, -0.05) is 42.5 Å². The van der Waals surface area contributed by atoms with E-state index in [1.807, 2.05) is 63.9 Å². The van der Waals surface area contributed by atoms with Gasteiger partial charge >= 0.3 is 0 Å². The fourth-order valence-corrected chi connectivity index (χ4v) is 5.18. The molecule has 1 fully saturated rings. The molecule has 1 aromatic heterocycles. The lowest BCUT2D eigenvalue weighted by Crippen LogP contribution is -2.49. The molecule has 5 rings (SSSR count). The third-order valence-electron chi connectivity index (χ3n) is 7.28. The number of nitrogens with zero attached hydrogens (tertiary/aromatic N) is 5. The maximum Gasteiger partial charge on any atom is 0.274 e. The molecule has 2 aromatic carbocycles. The van der Waals surface area contributed by atoms with Crippen LogP contribution in [0.15, 0.2) is 54.6 Å². The monoisotopic (exact) mass is 471 g/mol. The fraction of sp³-hybridized carbons (Fsp3) is 0.393. The molecule has 0 atom stereocenters. The van der Waals surface area contributed by atoms with E-state index in [9.17, 15) is 9.59 Å². The van der Waals surface area contributed by atoms with Gasteiger partial charge in [0, 0.05) is 69.2 Å². The smallest absolute Gasteiger partial charge is 0.274 e. The molecule has 0 radical (unpaired) electrons. The molecule has 2 aliphatic heterocycles. The predicted molar refractivity (Wildman–Crippen MR) is 136 cm³/mol. The summed E-state index contributed by atoms with van der Waals surface area (Å²) in [5, 5.41) is 4.73. The standard InChI is InChI=1S/C28H33N5O2/c1-3-33-25-13-14-32(26(34)19-22-10-8-7-9-21(22)2)20-24(25)27(29-33)28(35)31-17-15-30(16-18-31)23-11-5-4-6-12-23/h4-12H,3,13-20H2,1-2H3. The highest BCUT2D eigenvalue weighted by Gasteiger charge is 2.32. The minimum absolute atomic E-state index is 0.0191. The summed E-state index contributed by atoms with van der Waals surface area (Å²) in [6.45, 7) is 8.84. The number of fused-ring (bicyclic) bond motifs is 1. The number of aromatic nitrogens is 2. The molecule has 1 saturated heterocycles. The molecule has 0 aliphatic carbocycles. The second-order valence-corrected chi connectivity index (χ2v) is 9.37. The van der Waals surface area contributed by atoms with E-state index in [4.69, 9.17) is 5.10 Å². The number of para-hydroxylation sites is 1. The summed E-state index contributed by atoms with van der Waals surface area (Å²) in [6.07, 6.45) is 1.11. The molecule has 7 heteroatoms. The highest BCUT2D eigenvalue weighted by atomic mass is 16.2. The lowest BCUT2D eigenvalue weighted by molar-refractivity contribution is -0.131. The SMILES string of the molecule is CCn1nc(C(=O)N2CCN(c3ccccc3)CC2)c2c1CCN(C(=O)Cc1ccccc1C)C2. The van der Waals surface area contributed by atoms with Crippen LogP contribution < -0.4 is 4.90 Å². The molecule has 3 heterocycles. The van der Waals surface area contributed by atoms with Crippen molar-refractivity contribution in [3.05, 3.63) is 82.7 Å². The average molecular weight is 472 g/mol. The van der Waals surface area contributed by atoms with Crippen molar-refractivity contribution in [2.75, 3.05) is 37.6 Å². The second-order valence-electron chi connectivity index (χ2n) is 9.37. The maximum absolute atomic E-state index is 13.6. The Hall–Kier alpha value is -3.61. The van der Waals surface area contributed by atoms with Crippen molar-refractivity contribution in [1.29, 1.82) is 0 Å². The number of hydrogen-bond donors (Lipinski definition) is 0. The van der Waals surface area contributed by atoms with Crippen LogP contribution in [0, 0.1) is 6.92 Å². The summed E-state index contributed by atoms with van der Waals surface area (Å²) in [5.41, 5.74) is 5.91. The zero-order valence-electron chi connectivity index (χ0n) is 20.6. The first kappa shape index (κ1) is 23.1. The number of rotatable bonds is 5. The van der Waals surface area contributed by atoms with Crippen LogP contribution in [-0.2, 0) is 30.7 Å². The van der Waals surface area contributed by atoms with Gasteiger partial charge in [0.2, 0.25) is 5.91 Å². The predicted octanol–water partition coefficient (Wildman–Crippen LogP) is 3.30. The van der Waals surface area contributed by atoms with E-state index in [2.05, 4.69) is 24.0 Å². The number of anilines is 1. The van der Waals surface area contributed by atoms with Crippen LogP contribution in [0.5, 0.6) is 0 Å². The van der Waals surface area contributed by atoms with Crippen molar-refractivity contribution in [1.82, 2.24) is 19.6 Å². The molecule has 0 spiro atoms. The lowest BCUT2D eigenvalue weighted by Gasteiger charge is -2.36. The summed E-state index contributed by atoms with van der Waals surface area (Å²) in [6, 6.07) is 18.4. The van der Waals surface area contributed by atoms with Crippen LogP contribution in [0.2, 0.25) is 0 Å². The summed E-state index contributed by atoms with van der Waals surface area (Å²) in [7, 11) is 0. The van der Waals surface area contributed by atoms with Gasteiger partial charge in [0.15, 0.2) is 5.69 Å². The minimum atomic E-state index is -0.0191. The van der Waals surface area contributed by atoms with E-state index < -0.39 is 0 Å². The van der Waals surface area contributed by atoms with E-state index >= 15 is 0 Å². The molecule has 35 heavy (non-hydrogen) atoms. The second kappa shape index (κ2) is 9.94. The fourth-order valence-electron chi connectivity index (χ4n) is 5.18. The van der Waals surface area contributed by atoms with Gasteiger partial charge in [-0.15, -0.1) is 0 Å². The van der Waals surface area contributed by atoms with Crippen molar-refractivity contribution >= 4 is 17.5 Å². The first-order chi connectivity index (χ1) is 17.0. The van der Waals surface area contributed by atoms with Gasteiger partial charge in [0.1, 0.15) is 0 Å². The van der Waals surface area contributed by atoms with Crippen molar-refractivity contribution in [3.8, 4) is 0 Å². The average Bonchev–Trinajstić information content (AvgIpc) is 3.28. The normalized spacial score (nSPS) is 15.8. The van der Waals surface area contributed by atoms with E-state index in [0.717, 1.165) is 41.9 Å². The number of piperazine rings is 1. The van der Waals surface area contributed by atoms with Crippen LogP contribution in [0.1, 0.15) is 39.8 Å². The van der Waals surface area contributed by atoms with Crippen molar-refractivity contribution in [2.24, 2.45) is 0 Å². The summed E-state index contributed by atoms with van der Waals surface area (Å²) in [5.74, 6) is 0.0819. The third-order valence-corrected chi connectivity index (χ3v) is 7.28. The molecule has 0 saturated carbocycles. The first-order valence-electron chi connectivity index (χ1n) is 12.5. The molecule has 3 aromatic rings. The highest BCUT2D eigenvalue weighted by molar-refractivity contribution is 5.94. The number of benzene rings is 2. The zero-order chi connectivity index (χ0) is 24.4. The van der Waals surface area contributed by atoms with Gasteiger partial charge in [-0.3, -0.25) is 14.3 Å². The van der Waals surface area contributed by atoms with Crippen LogP contribution in [0.4, 0.5) is 5.69 Å². The number of hydrogen-bond acceptors (Lipinski definition) is 4. The lowest BCUT2D eigenvalue weighted by atomic mass is 10.0. The van der Waals surface area contributed by atoms with E-state index in [1.165, 1.54) is 5.69 Å². The van der Waals surface area contributed by atoms with Crippen molar-refractivity contribution in [3.63, 3.8) is 0 Å². The molecular formula is C28H33N5O2. The molecule has 2 aliphatic rings. The Balaban J connectivity index is 1.31. The zero-order valence-corrected chi connectivity index (χ0v) is 20.6. The summed E-state index contributed by atoms with van der Waals surface area (Å²) >= 11 is 0. The molecular weight excluding hydrogens is 438 g/mol. The first-order valence-corrected chi connectivity index (χ1v) is 12.5. The van der Waals surface area contributed by atoms with Crippen molar-refractivity contribution in [2.45, 2.75) is 39.8 Å². The number of aryl methyl sites for hydroxylation is 2. The number of carbonyl (C=O) groups excluding carboxylic acids is 2. The van der Waals surface area contributed by atoms with Crippen LogP contribution in [-0.4, -0.2) is 64.1 Å². The minimum Gasteiger partial charge on any atom is -0.368 e. The highest BCUT2D eigenvalue weighted by Crippen LogP contribution is 2.26. The van der Waals surface area contributed by atoms with Crippen LogP contribution >= 0.6 is 0 Å². The Morgan fingerprint density at radius 2 is 1.60 bits per heavy atom. The van der Waals surface area contributed by atoms with E-state index in [1.54, 1.807) is 0 Å². The van der Waals surface area contributed by atoms with E-state index in [-0.39, 0.29) is 11.8 Å². The van der Waals surface area contributed by atoms with Gasteiger partial charge in [0.25, 0.3) is 5.91 Å². The molecule has 0 bridgehead atoms. The molecule has 182 valence electrons. The quantitative estimate of drug-likeness (QED) is 0.573. The van der Waals surface area contributed by atoms with E-state index in [0.29, 0.717) is 44.8 Å². The largest absolute Gasteiger partial charge is 0.368 e. The van der Waals surface area contributed by atoms with Gasteiger partial charge in [0.05, 0.1) is 6.42 Å². The Bertz CT molecular complexity index is 1210. The molecule has 0 unspecified atom stereocenters. The van der Waals surface area contributed by atoms with Gasteiger partial charge in [-0.05, 0) is 37.1 Å². The Labute approximate surface area is 206 Å². The van der Waals surface area contributed by atoms with Gasteiger partial charge in [-0.2, -0.15) is 5.10 Å². The Morgan fingerprint density at radius 3 is 2.31 bits per heavy atom. The topological polar surface area (TPSA) is 61.7 Å². The van der Waals surface area contributed by atoms with Gasteiger partial charge in [-0.25, -0.2) is 0 Å². The van der Waals surface area contributed by atoms with Crippen molar-refractivity contribution < 1.29 is 9.59 Å². The summed E-state index contributed by atoms with van der Waals surface area (Å²) in [4.78, 5) is 32.9. The molecule has 2 amide bonds. The molecule has 7 nitrogen and oxygen atoms in total. The third kappa shape index (κ3) is 4.67. The van der Waals surface area contributed by atoms with Crippen LogP contribution in [0.25, 0.3) is 0 Å². The number of amides is 2. The summed E-state index contributed by atoms with van der Waals surface area (Å²) < 4.78 is 1.95.